The summed E-state index contributed by atoms with van der Waals surface area (Å²) in [7, 11) is 0. The van der Waals surface area contributed by atoms with Crippen LogP contribution in [-0.2, 0) is 11.3 Å². The number of carbonyl (C=O) groups excluding carboxylic acids is 2. The number of hydrogen-bond acceptors (Lipinski definition) is 2. The Morgan fingerprint density at radius 3 is 2.40 bits per heavy atom. The molecule has 0 spiro atoms. The molecule has 0 radical (unpaired) electrons. The van der Waals surface area contributed by atoms with Crippen LogP contribution >= 0.6 is 23.2 Å². The van der Waals surface area contributed by atoms with E-state index < -0.39 is 6.03 Å². The van der Waals surface area contributed by atoms with E-state index >= 15 is 0 Å². The summed E-state index contributed by atoms with van der Waals surface area (Å²) in [6, 6.07) is 14.0. The fraction of sp³-hybridized carbons (Fsp3) is 0.222. The maximum Gasteiger partial charge on any atom is 0.315 e. The first kappa shape index (κ1) is 19.1. The summed E-state index contributed by atoms with van der Waals surface area (Å²) in [5.41, 5.74) is 1.81. The van der Waals surface area contributed by atoms with E-state index in [0.29, 0.717) is 16.6 Å². The molecule has 5 nitrogen and oxygen atoms in total. The number of benzene rings is 2. The monoisotopic (exact) mass is 379 g/mol. The molecule has 0 heterocycles. The third-order valence-corrected chi connectivity index (χ3v) is 4.27. The summed E-state index contributed by atoms with van der Waals surface area (Å²) < 4.78 is 0. The predicted octanol–water partition coefficient (Wildman–Crippen LogP) is 3.67. The van der Waals surface area contributed by atoms with Gasteiger partial charge < -0.3 is 16.0 Å². The summed E-state index contributed by atoms with van der Waals surface area (Å²) in [6.07, 6.45) is 0. The Morgan fingerprint density at radius 2 is 1.72 bits per heavy atom. The van der Waals surface area contributed by atoms with Gasteiger partial charge in [-0.2, -0.15) is 0 Å². The van der Waals surface area contributed by atoms with Crippen LogP contribution in [0.5, 0.6) is 0 Å². The zero-order valence-corrected chi connectivity index (χ0v) is 15.2. The minimum absolute atomic E-state index is 0.119. The van der Waals surface area contributed by atoms with Gasteiger partial charge in [-0.25, -0.2) is 4.79 Å². The molecule has 1 atom stereocenters. The van der Waals surface area contributed by atoms with Crippen molar-refractivity contribution in [1.82, 2.24) is 16.0 Å². The zero-order valence-electron chi connectivity index (χ0n) is 13.7. The van der Waals surface area contributed by atoms with Crippen molar-refractivity contribution in [3.63, 3.8) is 0 Å². The highest BCUT2D eigenvalue weighted by molar-refractivity contribution is 6.42. The highest BCUT2D eigenvalue weighted by atomic mass is 35.5. The van der Waals surface area contributed by atoms with E-state index in [9.17, 15) is 9.59 Å². The lowest BCUT2D eigenvalue weighted by Gasteiger charge is -2.15. The zero-order chi connectivity index (χ0) is 18.2. The van der Waals surface area contributed by atoms with Crippen LogP contribution in [0.15, 0.2) is 48.5 Å². The van der Waals surface area contributed by atoms with Crippen molar-refractivity contribution in [1.29, 1.82) is 0 Å². The third-order valence-electron chi connectivity index (χ3n) is 3.53. The fourth-order valence-electron chi connectivity index (χ4n) is 2.16. The lowest BCUT2D eigenvalue weighted by molar-refractivity contribution is -0.120. The highest BCUT2D eigenvalue weighted by Crippen LogP contribution is 2.25. The molecule has 0 saturated heterocycles. The molecule has 0 aliphatic carbocycles. The molecule has 0 aliphatic heterocycles. The Bertz CT molecular complexity index is 738. The SMILES string of the molecule is CC(NC(=O)CNC(=O)NCc1ccccc1)c1ccc(Cl)c(Cl)c1. The average molecular weight is 380 g/mol. The van der Waals surface area contributed by atoms with Crippen molar-refractivity contribution in [3.05, 3.63) is 69.7 Å². The molecule has 7 heteroatoms. The van der Waals surface area contributed by atoms with E-state index in [1.54, 1.807) is 18.2 Å². The van der Waals surface area contributed by atoms with Crippen molar-refractivity contribution in [3.8, 4) is 0 Å². The highest BCUT2D eigenvalue weighted by Gasteiger charge is 2.12. The molecule has 2 aromatic carbocycles. The normalized spacial score (nSPS) is 11.5. The number of rotatable bonds is 6. The molecule has 0 saturated carbocycles. The molecule has 0 bridgehead atoms. The standard InChI is InChI=1S/C18H19Cl2N3O2/c1-12(14-7-8-15(19)16(20)9-14)23-17(24)11-22-18(25)21-10-13-5-3-2-4-6-13/h2-9,12H,10-11H2,1H3,(H,23,24)(H2,21,22,25). The van der Waals surface area contributed by atoms with Crippen molar-refractivity contribution < 1.29 is 9.59 Å². The first-order valence-electron chi connectivity index (χ1n) is 7.75. The summed E-state index contributed by atoms with van der Waals surface area (Å²) in [5.74, 6) is -0.298. The summed E-state index contributed by atoms with van der Waals surface area (Å²) in [6.45, 7) is 2.10. The van der Waals surface area contributed by atoms with Crippen molar-refractivity contribution in [2.45, 2.75) is 19.5 Å². The molecule has 132 valence electrons. The number of hydrogen-bond donors (Lipinski definition) is 3. The number of urea groups is 1. The largest absolute Gasteiger partial charge is 0.348 e. The number of nitrogens with one attached hydrogen (secondary N) is 3. The second-order valence-corrected chi connectivity index (χ2v) is 6.30. The number of halogens is 2. The maximum absolute atomic E-state index is 11.9. The van der Waals surface area contributed by atoms with E-state index in [1.807, 2.05) is 37.3 Å². The molecule has 3 N–H and O–H groups in total. The van der Waals surface area contributed by atoms with E-state index in [-0.39, 0.29) is 18.5 Å². The van der Waals surface area contributed by atoms with Gasteiger partial charge in [0.05, 0.1) is 22.6 Å². The molecule has 0 aliphatic rings. The molecular formula is C18H19Cl2N3O2. The number of carbonyl (C=O) groups is 2. The van der Waals surface area contributed by atoms with Crippen LogP contribution in [0.3, 0.4) is 0 Å². The van der Waals surface area contributed by atoms with Crippen molar-refractivity contribution in [2.75, 3.05) is 6.54 Å². The fourth-order valence-corrected chi connectivity index (χ4v) is 2.47. The molecule has 2 aromatic rings. The van der Waals surface area contributed by atoms with Gasteiger partial charge in [0.2, 0.25) is 5.91 Å². The molecule has 3 amide bonds. The minimum atomic E-state index is -0.402. The lowest BCUT2D eigenvalue weighted by Crippen LogP contribution is -2.42. The summed E-state index contributed by atoms with van der Waals surface area (Å²) in [4.78, 5) is 23.7. The van der Waals surface area contributed by atoms with Gasteiger partial charge in [-0.05, 0) is 30.2 Å². The van der Waals surface area contributed by atoms with Crippen LogP contribution in [-0.4, -0.2) is 18.5 Å². The van der Waals surface area contributed by atoms with Crippen LogP contribution in [0.4, 0.5) is 4.79 Å². The van der Waals surface area contributed by atoms with Gasteiger partial charge >= 0.3 is 6.03 Å². The Labute approximate surface area is 156 Å². The molecule has 25 heavy (non-hydrogen) atoms. The summed E-state index contributed by atoms with van der Waals surface area (Å²) in [5, 5.41) is 8.89. The molecule has 0 aromatic heterocycles. The van der Waals surface area contributed by atoms with Crippen LogP contribution in [0.25, 0.3) is 0 Å². The van der Waals surface area contributed by atoms with Crippen LogP contribution in [0.2, 0.25) is 10.0 Å². The van der Waals surface area contributed by atoms with E-state index in [1.165, 1.54) is 0 Å². The van der Waals surface area contributed by atoms with E-state index in [2.05, 4.69) is 16.0 Å². The molecule has 1 unspecified atom stereocenters. The van der Waals surface area contributed by atoms with Gasteiger partial charge in [0, 0.05) is 6.54 Å². The van der Waals surface area contributed by atoms with Crippen LogP contribution < -0.4 is 16.0 Å². The Hall–Kier alpha value is -2.24. The summed E-state index contributed by atoms with van der Waals surface area (Å²) >= 11 is 11.8. The third kappa shape index (κ3) is 6.29. The van der Waals surface area contributed by atoms with E-state index in [0.717, 1.165) is 11.1 Å². The van der Waals surface area contributed by atoms with Crippen molar-refractivity contribution in [2.24, 2.45) is 0 Å². The minimum Gasteiger partial charge on any atom is -0.348 e. The van der Waals surface area contributed by atoms with Crippen LogP contribution in [0, 0.1) is 0 Å². The van der Waals surface area contributed by atoms with Gasteiger partial charge in [0.1, 0.15) is 0 Å². The number of amides is 3. The quantitative estimate of drug-likeness (QED) is 0.716. The first-order chi connectivity index (χ1) is 12.0. The molecule has 2 rings (SSSR count). The first-order valence-corrected chi connectivity index (χ1v) is 8.51. The van der Waals surface area contributed by atoms with Crippen LogP contribution in [0.1, 0.15) is 24.1 Å². The lowest BCUT2D eigenvalue weighted by atomic mass is 10.1. The Balaban J connectivity index is 1.74. The smallest absolute Gasteiger partial charge is 0.315 e. The van der Waals surface area contributed by atoms with E-state index in [4.69, 9.17) is 23.2 Å². The van der Waals surface area contributed by atoms with Gasteiger partial charge in [-0.3, -0.25) is 4.79 Å². The van der Waals surface area contributed by atoms with Gasteiger partial charge in [0.15, 0.2) is 0 Å². The second-order valence-electron chi connectivity index (χ2n) is 5.48. The Kier molecular flexibility index (Phi) is 7.10. The molecule has 0 fully saturated rings. The second kappa shape index (κ2) is 9.30. The van der Waals surface area contributed by atoms with Gasteiger partial charge in [0.25, 0.3) is 0 Å². The van der Waals surface area contributed by atoms with Gasteiger partial charge in [-0.15, -0.1) is 0 Å². The molecular weight excluding hydrogens is 361 g/mol. The average Bonchev–Trinajstić information content (AvgIpc) is 2.61. The maximum atomic E-state index is 11.9. The Morgan fingerprint density at radius 1 is 1.00 bits per heavy atom. The van der Waals surface area contributed by atoms with Gasteiger partial charge in [-0.1, -0.05) is 59.6 Å². The van der Waals surface area contributed by atoms with Crippen molar-refractivity contribution >= 4 is 35.1 Å². The topological polar surface area (TPSA) is 70.2 Å². The predicted molar refractivity (Wildman–Crippen MR) is 99.7 cm³/mol.